The van der Waals surface area contributed by atoms with Gasteiger partial charge in [-0.25, -0.2) is 4.39 Å². The van der Waals surface area contributed by atoms with Crippen molar-refractivity contribution < 1.29 is 18.7 Å². The van der Waals surface area contributed by atoms with E-state index in [1.165, 1.54) is 12.1 Å². The molecule has 25 heavy (non-hydrogen) atoms. The standard InChI is InChI=1S/C17H23ClFN3O3/c1-25-8-6-15-21-11(9-17(24)22-15)5-7-20-16(23)10-12-13(18)3-2-4-14(12)19/h2-4,11,15,21H,5-10H2,1H3,(H,20,23)(H,22,24). The fourth-order valence-electron chi connectivity index (χ4n) is 2.75. The molecule has 6 nitrogen and oxygen atoms in total. The molecular formula is C17H23ClFN3O3. The van der Waals surface area contributed by atoms with Gasteiger partial charge in [0.15, 0.2) is 0 Å². The molecule has 2 atom stereocenters. The molecule has 1 aromatic carbocycles. The van der Waals surface area contributed by atoms with Crippen molar-refractivity contribution in [2.75, 3.05) is 20.3 Å². The first kappa shape index (κ1) is 19.6. The molecule has 1 aliphatic rings. The Bertz CT molecular complexity index is 595. The van der Waals surface area contributed by atoms with Crippen LogP contribution in [0.2, 0.25) is 5.02 Å². The number of ether oxygens (including phenoxy) is 1. The summed E-state index contributed by atoms with van der Waals surface area (Å²) in [4.78, 5) is 23.7. The van der Waals surface area contributed by atoms with E-state index in [-0.39, 0.29) is 41.0 Å². The second kappa shape index (κ2) is 9.70. The molecule has 0 aliphatic carbocycles. The van der Waals surface area contributed by atoms with Crippen molar-refractivity contribution in [2.45, 2.75) is 37.9 Å². The Balaban J connectivity index is 1.76. The van der Waals surface area contributed by atoms with Crippen LogP contribution in [-0.2, 0) is 20.7 Å². The van der Waals surface area contributed by atoms with Gasteiger partial charge in [-0.2, -0.15) is 0 Å². The van der Waals surface area contributed by atoms with Crippen molar-refractivity contribution in [3.05, 3.63) is 34.6 Å². The molecule has 2 rings (SSSR count). The second-order valence-corrected chi connectivity index (χ2v) is 6.39. The lowest BCUT2D eigenvalue weighted by molar-refractivity contribution is -0.124. The maximum Gasteiger partial charge on any atom is 0.224 e. The summed E-state index contributed by atoms with van der Waals surface area (Å²) < 4.78 is 18.7. The molecular weight excluding hydrogens is 349 g/mol. The van der Waals surface area contributed by atoms with E-state index in [1.807, 2.05) is 0 Å². The van der Waals surface area contributed by atoms with Gasteiger partial charge < -0.3 is 15.4 Å². The fraction of sp³-hybridized carbons (Fsp3) is 0.529. The van der Waals surface area contributed by atoms with E-state index >= 15 is 0 Å². The van der Waals surface area contributed by atoms with Crippen LogP contribution in [0, 0.1) is 5.82 Å². The molecule has 0 saturated carbocycles. The van der Waals surface area contributed by atoms with E-state index < -0.39 is 5.82 Å². The Kier molecular flexibility index (Phi) is 7.61. The van der Waals surface area contributed by atoms with Crippen LogP contribution in [-0.4, -0.2) is 44.3 Å². The highest BCUT2D eigenvalue weighted by Crippen LogP contribution is 2.19. The van der Waals surface area contributed by atoms with Gasteiger partial charge in [0.05, 0.1) is 12.6 Å². The Morgan fingerprint density at radius 2 is 2.24 bits per heavy atom. The Hall–Kier alpha value is -1.70. The number of hydrogen-bond acceptors (Lipinski definition) is 4. The van der Waals surface area contributed by atoms with Crippen LogP contribution < -0.4 is 16.0 Å². The molecule has 0 radical (unpaired) electrons. The average molecular weight is 372 g/mol. The quantitative estimate of drug-likeness (QED) is 0.645. The Labute approximate surface area is 151 Å². The Morgan fingerprint density at radius 3 is 2.96 bits per heavy atom. The first-order valence-corrected chi connectivity index (χ1v) is 8.61. The highest BCUT2D eigenvalue weighted by molar-refractivity contribution is 6.31. The average Bonchev–Trinajstić information content (AvgIpc) is 2.56. The number of nitrogens with one attached hydrogen (secondary N) is 3. The van der Waals surface area contributed by atoms with Crippen molar-refractivity contribution in [1.82, 2.24) is 16.0 Å². The predicted molar refractivity (Wildman–Crippen MR) is 92.7 cm³/mol. The first-order valence-electron chi connectivity index (χ1n) is 8.23. The monoisotopic (exact) mass is 371 g/mol. The van der Waals surface area contributed by atoms with Crippen molar-refractivity contribution in [1.29, 1.82) is 0 Å². The van der Waals surface area contributed by atoms with Gasteiger partial charge in [0.1, 0.15) is 5.82 Å². The van der Waals surface area contributed by atoms with Gasteiger partial charge in [0.25, 0.3) is 0 Å². The lowest BCUT2D eigenvalue weighted by atomic mass is 10.1. The summed E-state index contributed by atoms with van der Waals surface area (Å²) >= 11 is 5.92. The van der Waals surface area contributed by atoms with Gasteiger partial charge in [-0.15, -0.1) is 0 Å². The molecule has 0 bridgehead atoms. The van der Waals surface area contributed by atoms with E-state index in [4.69, 9.17) is 16.3 Å². The minimum absolute atomic E-state index is 0.0191. The lowest BCUT2D eigenvalue weighted by Gasteiger charge is -2.31. The summed E-state index contributed by atoms with van der Waals surface area (Å²) in [5.74, 6) is -0.813. The molecule has 0 aromatic heterocycles. The van der Waals surface area contributed by atoms with E-state index in [1.54, 1.807) is 13.2 Å². The molecule has 1 aliphatic heterocycles. The third kappa shape index (κ3) is 6.26. The Morgan fingerprint density at radius 1 is 1.44 bits per heavy atom. The van der Waals surface area contributed by atoms with Crippen molar-refractivity contribution >= 4 is 23.4 Å². The van der Waals surface area contributed by atoms with Crippen LogP contribution in [0.15, 0.2) is 18.2 Å². The van der Waals surface area contributed by atoms with Crippen LogP contribution in [0.1, 0.15) is 24.8 Å². The van der Waals surface area contributed by atoms with Crippen LogP contribution >= 0.6 is 11.6 Å². The summed E-state index contributed by atoms with van der Waals surface area (Å²) in [6.07, 6.45) is 1.41. The van der Waals surface area contributed by atoms with Crippen molar-refractivity contribution in [3.63, 3.8) is 0 Å². The summed E-state index contributed by atoms with van der Waals surface area (Å²) in [6.45, 7) is 0.942. The van der Waals surface area contributed by atoms with Crippen LogP contribution in [0.25, 0.3) is 0 Å². The van der Waals surface area contributed by atoms with Gasteiger partial charge in [-0.05, 0) is 18.6 Å². The van der Waals surface area contributed by atoms with E-state index in [0.717, 1.165) is 0 Å². The molecule has 1 fully saturated rings. The van der Waals surface area contributed by atoms with E-state index in [2.05, 4.69) is 16.0 Å². The van der Waals surface area contributed by atoms with Crippen molar-refractivity contribution in [3.8, 4) is 0 Å². The molecule has 8 heteroatoms. The number of rotatable bonds is 8. The number of hydrogen-bond donors (Lipinski definition) is 3. The molecule has 2 amide bonds. The number of benzene rings is 1. The second-order valence-electron chi connectivity index (χ2n) is 5.98. The predicted octanol–water partition coefficient (Wildman–Crippen LogP) is 1.37. The number of amides is 2. The molecule has 2 unspecified atom stereocenters. The normalized spacial score (nSPS) is 20.2. The molecule has 1 saturated heterocycles. The van der Waals surface area contributed by atoms with Gasteiger partial charge in [0.2, 0.25) is 11.8 Å². The molecule has 0 spiro atoms. The van der Waals surface area contributed by atoms with Crippen LogP contribution in [0.5, 0.6) is 0 Å². The third-order valence-electron chi connectivity index (χ3n) is 4.03. The molecule has 138 valence electrons. The summed E-state index contributed by atoms with van der Waals surface area (Å²) in [5, 5.41) is 9.15. The lowest BCUT2D eigenvalue weighted by Crippen LogP contribution is -2.57. The molecule has 1 heterocycles. The van der Waals surface area contributed by atoms with Crippen LogP contribution in [0.4, 0.5) is 4.39 Å². The number of halogens is 2. The SMILES string of the molecule is COCCC1NC(=O)CC(CCNC(=O)Cc2c(F)cccc2Cl)N1. The van der Waals surface area contributed by atoms with Crippen LogP contribution in [0.3, 0.4) is 0 Å². The van der Waals surface area contributed by atoms with E-state index in [0.29, 0.717) is 32.4 Å². The largest absolute Gasteiger partial charge is 0.385 e. The first-order chi connectivity index (χ1) is 12.0. The van der Waals surface area contributed by atoms with Gasteiger partial charge in [-0.1, -0.05) is 17.7 Å². The molecule has 3 N–H and O–H groups in total. The number of methoxy groups -OCH3 is 1. The number of carbonyl (C=O) groups is 2. The summed E-state index contributed by atoms with van der Waals surface area (Å²) in [7, 11) is 1.61. The topological polar surface area (TPSA) is 79.5 Å². The van der Waals surface area contributed by atoms with Crippen molar-refractivity contribution in [2.24, 2.45) is 0 Å². The smallest absolute Gasteiger partial charge is 0.224 e. The summed E-state index contributed by atoms with van der Waals surface area (Å²) in [5.41, 5.74) is 0.191. The van der Waals surface area contributed by atoms with Gasteiger partial charge >= 0.3 is 0 Å². The minimum atomic E-state index is -0.491. The third-order valence-corrected chi connectivity index (χ3v) is 4.38. The highest BCUT2D eigenvalue weighted by Gasteiger charge is 2.25. The zero-order valence-corrected chi connectivity index (χ0v) is 14.9. The van der Waals surface area contributed by atoms with E-state index in [9.17, 15) is 14.0 Å². The number of carbonyl (C=O) groups excluding carboxylic acids is 2. The summed E-state index contributed by atoms with van der Waals surface area (Å²) in [6, 6.07) is 4.31. The zero-order valence-electron chi connectivity index (χ0n) is 14.1. The van der Waals surface area contributed by atoms with Gasteiger partial charge in [0, 0.05) is 49.7 Å². The van der Waals surface area contributed by atoms with Gasteiger partial charge in [-0.3, -0.25) is 14.9 Å². The fourth-order valence-corrected chi connectivity index (χ4v) is 2.98. The highest BCUT2D eigenvalue weighted by atomic mass is 35.5. The zero-order chi connectivity index (χ0) is 18.2. The maximum absolute atomic E-state index is 13.7. The molecule has 1 aromatic rings. The maximum atomic E-state index is 13.7. The minimum Gasteiger partial charge on any atom is -0.385 e.